The van der Waals surface area contributed by atoms with Gasteiger partial charge in [-0.3, -0.25) is 4.79 Å². The highest BCUT2D eigenvalue weighted by Crippen LogP contribution is 2.32. The average Bonchev–Trinajstić information content (AvgIpc) is 2.89. The fourth-order valence-electron chi connectivity index (χ4n) is 5.43. The second-order valence-electron chi connectivity index (χ2n) is 11.7. The molecule has 8 heteroatoms. The molecule has 0 unspecified atom stereocenters. The third-order valence-corrected chi connectivity index (χ3v) is 11.4. The van der Waals surface area contributed by atoms with Crippen LogP contribution in [0.25, 0.3) is 0 Å². The Labute approximate surface area is 256 Å². The first kappa shape index (κ1) is 30.9. The predicted octanol–water partition coefficient (Wildman–Crippen LogP) is 7.06. The van der Waals surface area contributed by atoms with Gasteiger partial charge in [-0.15, -0.1) is 0 Å². The smallest absolute Gasteiger partial charge is 0.243 e. The number of sulfonamides is 1. The molecule has 40 heavy (non-hydrogen) atoms. The molecule has 0 saturated carbocycles. The molecule has 0 atom stereocenters. The molecule has 3 aromatic carbocycles. The van der Waals surface area contributed by atoms with E-state index >= 15 is 0 Å². The van der Waals surface area contributed by atoms with Gasteiger partial charge in [0.05, 0.1) is 4.90 Å². The second-order valence-corrected chi connectivity index (χ2v) is 15.3. The minimum absolute atomic E-state index is 0.0606. The van der Waals surface area contributed by atoms with E-state index in [1.165, 1.54) is 0 Å². The zero-order valence-electron chi connectivity index (χ0n) is 23.9. The van der Waals surface area contributed by atoms with Crippen molar-refractivity contribution in [3.63, 3.8) is 0 Å². The van der Waals surface area contributed by atoms with E-state index in [2.05, 4.69) is 52.6 Å². The standard InChI is InChI=1S/C32H38Br2N2O3S/c1-22-18-27(32(3,4)5)19-23(2)30(22)40(38,39)36-16-14-35(15-17-36)31(37)26(20-24-10-6-8-12-28(24)33)21-25-11-7-9-13-29(25)34/h6-13,18-19,26H,14-17,20-21H2,1-5H3. The van der Waals surface area contributed by atoms with Crippen molar-refractivity contribution in [1.29, 1.82) is 0 Å². The first-order chi connectivity index (χ1) is 18.8. The molecular formula is C32H38Br2N2O3S. The van der Waals surface area contributed by atoms with E-state index in [4.69, 9.17) is 0 Å². The van der Waals surface area contributed by atoms with Gasteiger partial charge in [-0.05, 0) is 72.1 Å². The third-order valence-electron chi connectivity index (χ3n) is 7.67. The Balaban J connectivity index is 1.53. The summed E-state index contributed by atoms with van der Waals surface area (Å²) in [5.74, 6) is -0.208. The minimum atomic E-state index is -3.68. The molecule has 4 rings (SSSR count). The van der Waals surface area contributed by atoms with Crippen molar-refractivity contribution < 1.29 is 13.2 Å². The van der Waals surface area contributed by atoms with Gasteiger partial charge >= 0.3 is 0 Å². The monoisotopic (exact) mass is 688 g/mol. The van der Waals surface area contributed by atoms with E-state index in [9.17, 15) is 13.2 Å². The van der Waals surface area contributed by atoms with Crippen LogP contribution >= 0.6 is 31.9 Å². The molecule has 1 aliphatic rings. The van der Waals surface area contributed by atoms with Gasteiger partial charge in [0.15, 0.2) is 0 Å². The van der Waals surface area contributed by atoms with E-state index in [1.54, 1.807) is 4.31 Å². The molecule has 214 valence electrons. The lowest BCUT2D eigenvalue weighted by atomic mass is 9.85. The van der Waals surface area contributed by atoms with Gasteiger partial charge in [-0.2, -0.15) is 4.31 Å². The molecule has 0 aromatic heterocycles. The van der Waals surface area contributed by atoms with Gasteiger partial charge < -0.3 is 4.90 Å². The Morgan fingerprint density at radius 2 is 1.27 bits per heavy atom. The number of rotatable bonds is 7. The van der Waals surface area contributed by atoms with Crippen molar-refractivity contribution in [3.8, 4) is 0 Å². The molecule has 1 fully saturated rings. The van der Waals surface area contributed by atoms with Crippen LogP contribution < -0.4 is 0 Å². The summed E-state index contributed by atoms with van der Waals surface area (Å²) in [6.07, 6.45) is 1.19. The Hall–Kier alpha value is -2.00. The molecule has 1 amide bonds. The summed E-state index contributed by atoms with van der Waals surface area (Å²) in [6.45, 7) is 11.5. The lowest BCUT2D eigenvalue weighted by molar-refractivity contribution is -0.136. The van der Waals surface area contributed by atoms with Crippen molar-refractivity contribution in [3.05, 3.63) is 97.4 Å². The summed E-state index contributed by atoms with van der Waals surface area (Å²) in [6, 6.07) is 20.0. The molecule has 0 bridgehead atoms. The highest BCUT2D eigenvalue weighted by molar-refractivity contribution is 9.10. The van der Waals surface area contributed by atoms with Gasteiger partial charge in [0, 0.05) is 41.0 Å². The fourth-order valence-corrected chi connectivity index (χ4v) is 8.16. The molecule has 5 nitrogen and oxygen atoms in total. The van der Waals surface area contributed by atoms with Crippen LogP contribution in [0.2, 0.25) is 0 Å². The number of carbonyl (C=O) groups excluding carboxylic acids is 1. The largest absolute Gasteiger partial charge is 0.340 e. The van der Waals surface area contributed by atoms with Gasteiger partial charge in [0.1, 0.15) is 0 Å². The van der Waals surface area contributed by atoms with Crippen molar-refractivity contribution in [2.24, 2.45) is 5.92 Å². The van der Waals surface area contributed by atoms with Crippen molar-refractivity contribution in [1.82, 2.24) is 9.21 Å². The summed E-state index contributed by atoms with van der Waals surface area (Å²) >= 11 is 7.28. The van der Waals surface area contributed by atoms with Crippen molar-refractivity contribution in [2.45, 2.75) is 57.8 Å². The minimum Gasteiger partial charge on any atom is -0.340 e. The lowest BCUT2D eigenvalue weighted by Crippen LogP contribution is -2.52. The van der Waals surface area contributed by atoms with E-state index < -0.39 is 10.0 Å². The summed E-state index contributed by atoms with van der Waals surface area (Å²) in [7, 11) is -3.68. The number of carbonyl (C=O) groups is 1. The first-order valence-electron chi connectivity index (χ1n) is 13.7. The Kier molecular flexibility index (Phi) is 9.65. The summed E-state index contributed by atoms with van der Waals surface area (Å²) in [5.41, 5.74) is 4.76. The van der Waals surface area contributed by atoms with Crippen LogP contribution in [0, 0.1) is 19.8 Å². The molecule has 0 N–H and O–H groups in total. The number of nitrogens with zero attached hydrogens (tertiary/aromatic N) is 2. The van der Waals surface area contributed by atoms with Crippen LogP contribution in [0.3, 0.4) is 0 Å². The van der Waals surface area contributed by atoms with Gasteiger partial charge in [-0.25, -0.2) is 8.42 Å². The highest BCUT2D eigenvalue weighted by atomic mass is 79.9. The molecule has 3 aromatic rings. The lowest BCUT2D eigenvalue weighted by Gasteiger charge is -2.36. The molecule has 0 radical (unpaired) electrons. The van der Waals surface area contributed by atoms with E-state index in [0.717, 1.165) is 36.8 Å². The molecule has 1 aliphatic heterocycles. The molecule has 0 aliphatic carbocycles. The van der Waals surface area contributed by atoms with E-state index in [1.807, 2.05) is 79.4 Å². The zero-order chi connectivity index (χ0) is 29.2. The van der Waals surface area contributed by atoms with Crippen LogP contribution in [0.5, 0.6) is 0 Å². The Morgan fingerprint density at radius 1 is 0.825 bits per heavy atom. The number of piperazine rings is 1. The highest BCUT2D eigenvalue weighted by Gasteiger charge is 2.35. The van der Waals surface area contributed by atoms with Crippen molar-refractivity contribution in [2.75, 3.05) is 26.2 Å². The molecular weight excluding hydrogens is 652 g/mol. The SMILES string of the molecule is Cc1cc(C(C)(C)C)cc(C)c1S(=O)(=O)N1CCN(C(=O)C(Cc2ccccc2Br)Cc2ccccc2Br)CC1. The summed E-state index contributed by atoms with van der Waals surface area (Å²) < 4.78 is 31.1. The summed E-state index contributed by atoms with van der Waals surface area (Å²) in [4.78, 5) is 16.2. The number of hydrogen-bond donors (Lipinski definition) is 0. The fraction of sp³-hybridized carbons (Fsp3) is 0.406. The maximum Gasteiger partial charge on any atom is 0.243 e. The number of amides is 1. The maximum absolute atomic E-state index is 13.9. The topological polar surface area (TPSA) is 57.7 Å². The van der Waals surface area contributed by atoms with E-state index in [0.29, 0.717) is 30.8 Å². The second kappa shape index (κ2) is 12.5. The number of halogens is 2. The van der Waals surface area contributed by atoms with Crippen LogP contribution in [0.4, 0.5) is 0 Å². The average molecular weight is 691 g/mol. The quantitative estimate of drug-likeness (QED) is 0.267. The van der Waals surface area contributed by atoms with Gasteiger partial charge in [-0.1, -0.05) is 101 Å². The van der Waals surface area contributed by atoms with Gasteiger partial charge in [0.25, 0.3) is 0 Å². The van der Waals surface area contributed by atoms with Crippen LogP contribution in [-0.4, -0.2) is 49.7 Å². The van der Waals surface area contributed by atoms with Crippen LogP contribution in [0.1, 0.15) is 48.6 Å². The Bertz CT molecular complexity index is 1420. The van der Waals surface area contributed by atoms with Gasteiger partial charge in [0.2, 0.25) is 15.9 Å². The number of benzene rings is 3. The molecule has 1 heterocycles. The first-order valence-corrected chi connectivity index (χ1v) is 16.7. The third kappa shape index (κ3) is 6.89. The predicted molar refractivity (Wildman–Crippen MR) is 169 cm³/mol. The van der Waals surface area contributed by atoms with Crippen LogP contribution in [-0.2, 0) is 33.1 Å². The maximum atomic E-state index is 13.9. The molecule has 0 spiro atoms. The van der Waals surface area contributed by atoms with E-state index in [-0.39, 0.29) is 30.3 Å². The number of hydrogen-bond acceptors (Lipinski definition) is 3. The number of aryl methyl sites for hydroxylation is 2. The summed E-state index contributed by atoms with van der Waals surface area (Å²) in [5, 5.41) is 0. The normalized spacial score (nSPS) is 15.1. The Morgan fingerprint density at radius 3 is 1.70 bits per heavy atom. The molecule has 1 saturated heterocycles. The van der Waals surface area contributed by atoms with Crippen molar-refractivity contribution >= 4 is 47.8 Å². The zero-order valence-corrected chi connectivity index (χ0v) is 27.9. The van der Waals surface area contributed by atoms with Crippen LogP contribution in [0.15, 0.2) is 74.5 Å².